The van der Waals surface area contributed by atoms with Crippen LogP contribution in [-0.2, 0) is 0 Å². The van der Waals surface area contributed by atoms with E-state index >= 15 is 0 Å². The number of halogens is 4. The lowest BCUT2D eigenvalue weighted by Gasteiger charge is -2.04. The first-order valence-electron chi connectivity index (χ1n) is 3.97. The van der Waals surface area contributed by atoms with Gasteiger partial charge in [-0.25, -0.2) is 4.39 Å². The predicted molar refractivity (Wildman–Crippen MR) is 67.3 cm³/mol. The van der Waals surface area contributed by atoms with Gasteiger partial charge in [-0.2, -0.15) is 0 Å². The van der Waals surface area contributed by atoms with Gasteiger partial charge in [-0.15, -0.1) is 10.2 Å². The van der Waals surface area contributed by atoms with Crippen molar-refractivity contribution in [1.29, 1.82) is 0 Å². The largest absolute Gasteiger partial charge is 0.330 e. The normalized spacial score (nSPS) is 10.5. The SMILES string of the molecule is Fc1c(Cl)cc(Nc2nnc(Br)s2)cc1Cl. The third-order valence-corrected chi connectivity index (χ3v) is 3.46. The lowest BCUT2D eigenvalue weighted by Crippen LogP contribution is -1.91. The van der Waals surface area contributed by atoms with E-state index in [4.69, 9.17) is 23.2 Å². The Kier molecular flexibility index (Phi) is 3.63. The molecule has 0 spiro atoms. The zero-order valence-electron chi connectivity index (χ0n) is 7.47. The van der Waals surface area contributed by atoms with Gasteiger partial charge in [0.2, 0.25) is 5.13 Å². The maximum Gasteiger partial charge on any atom is 0.210 e. The van der Waals surface area contributed by atoms with Crippen molar-refractivity contribution in [3.63, 3.8) is 0 Å². The van der Waals surface area contributed by atoms with Crippen molar-refractivity contribution in [3.8, 4) is 0 Å². The molecule has 0 aliphatic carbocycles. The van der Waals surface area contributed by atoms with E-state index in [2.05, 4.69) is 31.4 Å². The monoisotopic (exact) mass is 341 g/mol. The highest BCUT2D eigenvalue weighted by Crippen LogP contribution is 2.30. The molecule has 0 unspecified atom stereocenters. The van der Waals surface area contributed by atoms with Gasteiger partial charge >= 0.3 is 0 Å². The molecule has 0 radical (unpaired) electrons. The first-order valence-corrected chi connectivity index (χ1v) is 6.33. The minimum absolute atomic E-state index is 0.0430. The standard InChI is InChI=1S/C8H3BrCl2FN3S/c9-7-14-15-8(16-7)13-3-1-4(10)6(12)5(11)2-3/h1-2H,(H,13,15). The molecule has 3 nitrogen and oxygen atoms in total. The zero-order chi connectivity index (χ0) is 11.7. The van der Waals surface area contributed by atoms with E-state index in [0.717, 1.165) is 0 Å². The lowest BCUT2D eigenvalue weighted by atomic mass is 10.3. The Morgan fingerprint density at radius 1 is 1.25 bits per heavy atom. The molecule has 0 amide bonds. The Morgan fingerprint density at radius 3 is 2.38 bits per heavy atom. The molecule has 0 fully saturated rings. The van der Waals surface area contributed by atoms with Crippen molar-refractivity contribution in [2.24, 2.45) is 0 Å². The quantitative estimate of drug-likeness (QED) is 0.817. The van der Waals surface area contributed by atoms with Crippen LogP contribution in [0.4, 0.5) is 15.2 Å². The van der Waals surface area contributed by atoms with Crippen molar-refractivity contribution in [2.45, 2.75) is 0 Å². The molecule has 2 rings (SSSR count). The van der Waals surface area contributed by atoms with E-state index < -0.39 is 5.82 Å². The number of aromatic nitrogens is 2. The van der Waals surface area contributed by atoms with E-state index in [1.54, 1.807) is 0 Å². The van der Waals surface area contributed by atoms with Gasteiger partial charge < -0.3 is 5.32 Å². The van der Waals surface area contributed by atoms with E-state index in [-0.39, 0.29) is 10.0 Å². The van der Waals surface area contributed by atoms with Gasteiger partial charge in [-0.3, -0.25) is 0 Å². The summed E-state index contributed by atoms with van der Waals surface area (Å²) >= 11 is 15.8. The first kappa shape index (κ1) is 12.0. The van der Waals surface area contributed by atoms with Crippen LogP contribution in [0.1, 0.15) is 0 Å². The highest BCUT2D eigenvalue weighted by molar-refractivity contribution is 9.11. The molecule has 16 heavy (non-hydrogen) atoms. The van der Waals surface area contributed by atoms with E-state index in [1.165, 1.54) is 23.5 Å². The first-order chi connectivity index (χ1) is 7.56. The number of hydrogen-bond acceptors (Lipinski definition) is 4. The molecule has 8 heteroatoms. The predicted octanol–water partition coefficient (Wildman–Crippen LogP) is 4.49. The maximum absolute atomic E-state index is 13.1. The van der Waals surface area contributed by atoms with Crippen LogP contribution in [-0.4, -0.2) is 10.2 Å². The number of anilines is 2. The van der Waals surface area contributed by atoms with Crippen LogP contribution in [0.25, 0.3) is 0 Å². The van der Waals surface area contributed by atoms with Gasteiger partial charge in [0.15, 0.2) is 9.73 Å². The second-order valence-electron chi connectivity index (χ2n) is 2.74. The Morgan fingerprint density at radius 2 is 1.88 bits per heavy atom. The summed E-state index contributed by atoms with van der Waals surface area (Å²) in [6, 6.07) is 2.86. The molecule has 1 aromatic carbocycles. The summed E-state index contributed by atoms with van der Waals surface area (Å²) in [5.41, 5.74) is 0.556. The third-order valence-electron chi connectivity index (χ3n) is 1.64. The summed E-state index contributed by atoms with van der Waals surface area (Å²) in [4.78, 5) is 0. The summed E-state index contributed by atoms with van der Waals surface area (Å²) in [6.45, 7) is 0. The lowest BCUT2D eigenvalue weighted by molar-refractivity contribution is 0.629. The molecule has 1 N–H and O–H groups in total. The molecule has 0 bridgehead atoms. The highest BCUT2D eigenvalue weighted by atomic mass is 79.9. The van der Waals surface area contributed by atoms with Gasteiger partial charge in [0.25, 0.3) is 0 Å². The molecular weight excluding hydrogens is 340 g/mol. The molecule has 0 aliphatic rings. The average molecular weight is 343 g/mol. The molecule has 1 heterocycles. The third kappa shape index (κ3) is 2.63. The summed E-state index contributed by atoms with van der Waals surface area (Å²) < 4.78 is 13.8. The maximum atomic E-state index is 13.1. The molecule has 0 saturated carbocycles. The van der Waals surface area contributed by atoms with Crippen LogP contribution >= 0.6 is 50.5 Å². The fraction of sp³-hybridized carbons (Fsp3) is 0. The Hall–Kier alpha value is -0.430. The Bertz CT molecular complexity index is 511. The van der Waals surface area contributed by atoms with Crippen molar-refractivity contribution in [1.82, 2.24) is 10.2 Å². The van der Waals surface area contributed by atoms with Crippen LogP contribution in [0.3, 0.4) is 0 Å². The second-order valence-corrected chi connectivity index (χ2v) is 5.81. The van der Waals surface area contributed by atoms with Gasteiger partial charge in [0.05, 0.1) is 10.0 Å². The van der Waals surface area contributed by atoms with E-state index in [1.807, 2.05) is 0 Å². The fourth-order valence-corrected chi connectivity index (χ4v) is 2.53. The van der Waals surface area contributed by atoms with E-state index in [9.17, 15) is 4.39 Å². The van der Waals surface area contributed by atoms with Crippen LogP contribution in [0.2, 0.25) is 10.0 Å². The number of nitrogens with one attached hydrogen (secondary N) is 1. The average Bonchev–Trinajstić information content (AvgIpc) is 2.60. The molecule has 2 aromatic rings. The number of rotatable bonds is 2. The number of benzene rings is 1. The minimum atomic E-state index is -0.632. The van der Waals surface area contributed by atoms with Crippen molar-refractivity contribution >= 4 is 61.3 Å². The second kappa shape index (κ2) is 4.83. The topological polar surface area (TPSA) is 37.8 Å². The van der Waals surface area contributed by atoms with Crippen molar-refractivity contribution < 1.29 is 4.39 Å². The van der Waals surface area contributed by atoms with Crippen LogP contribution in [0, 0.1) is 5.82 Å². The van der Waals surface area contributed by atoms with Crippen molar-refractivity contribution in [3.05, 3.63) is 31.9 Å². The van der Waals surface area contributed by atoms with Gasteiger partial charge in [0.1, 0.15) is 0 Å². The molecule has 84 valence electrons. The molecular formula is C8H3BrCl2FN3S. The smallest absolute Gasteiger partial charge is 0.210 e. The van der Waals surface area contributed by atoms with Crippen molar-refractivity contribution in [2.75, 3.05) is 5.32 Å². The van der Waals surface area contributed by atoms with E-state index in [0.29, 0.717) is 14.7 Å². The summed E-state index contributed by atoms with van der Waals surface area (Å²) in [6.07, 6.45) is 0. The molecule has 0 aliphatic heterocycles. The van der Waals surface area contributed by atoms with Crippen LogP contribution < -0.4 is 5.32 Å². The number of nitrogens with zero attached hydrogens (tertiary/aromatic N) is 2. The van der Waals surface area contributed by atoms with Crippen LogP contribution in [0.15, 0.2) is 16.0 Å². The summed E-state index contributed by atoms with van der Waals surface area (Å²) in [5.74, 6) is -0.632. The van der Waals surface area contributed by atoms with Crippen LogP contribution in [0.5, 0.6) is 0 Å². The molecule has 1 aromatic heterocycles. The van der Waals surface area contributed by atoms with Gasteiger partial charge in [-0.05, 0) is 28.1 Å². The molecule has 0 saturated heterocycles. The minimum Gasteiger partial charge on any atom is -0.330 e. The summed E-state index contributed by atoms with van der Waals surface area (Å²) in [7, 11) is 0. The Balaban J connectivity index is 2.28. The van der Waals surface area contributed by atoms with Gasteiger partial charge in [-0.1, -0.05) is 34.5 Å². The summed E-state index contributed by atoms with van der Waals surface area (Å²) in [5, 5.41) is 11.0. The highest BCUT2D eigenvalue weighted by Gasteiger charge is 2.09. The fourth-order valence-electron chi connectivity index (χ4n) is 1.01. The zero-order valence-corrected chi connectivity index (χ0v) is 11.4. The Labute approximate surface area is 113 Å². The van der Waals surface area contributed by atoms with Gasteiger partial charge in [0, 0.05) is 5.69 Å². The molecule has 0 atom stereocenters. The number of hydrogen-bond donors (Lipinski definition) is 1.